The largest absolute Gasteiger partial charge is 0.475 e. The van der Waals surface area contributed by atoms with Gasteiger partial charge in [-0.15, -0.1) is 0 Å². The van der Waals surface area contributed by atoms with Gasteiger partial charge < -0.3 is 9.63 Å². The first-order valence-corrected chi connectivity index (χ1v) is 3.75. The second-order valence-corrected chi connectivity index (χ2v) is 2.47. The number of aromatic carboxylic acids is 1. The predicted octanol–water partition coefficient (Wildman–Crippen LogP) is 0.830. The molecular weight excluding hydrogens is 186 g/mol. The average molecular weight is 191 g/mol. The van der Waals surface area contributed by atoms with E-state index in [1.54, 1.807) is 18.3 Å². The van der Waals surface area contributed by atoms with Crippen LogP contribution >= 0.6 is 0 Å². The van der Waals surface area contributed by atoms with Crippen LogP contribution in [0.25, 0.3) is 11.5 Å². The number of carbonyl (C=O) groups is 1. The highest BCUT2D eigenvalue weighted by atomic mass is 16.5. The van der Waals surface area contributed by atoms with E-state index in [4.69, 9.17) is 9.63 Å². The van der Waals surface area contributed by atoms with E-state index < -0.39 is 5.97 Å². The summed E-state index contributed by atoms with van der Waals surface area (Å²) in [5.74, 6) is -1.43. The van der Waals surface area contributed by atoms with E-state index in [1.165, 1.54) is 6.20 Å². The Balaban J connectivity index is 2.39. The van der Waals surface area contributed by atoms with E-state index >= 15 is 0 Å². The van der Waals surface area contributed by atoms with Crippen molar-refractivity contribution in [2.24, 2.45) is 0 Å². The molecule has 6 heteroatoms. The number of carboxylic acid groups (broad SMARTS) is 1. The minimum absolute atomic E-state index is 0.149. The molecule has 0 aliphatic rings. The van der Waals surface area contributed by atoms with Gasteiger partial charge in [0.15, 0.2) is 0 Å². The van der Waals surface area contributed by atoms with Crippen LogP contribution in [0, 0.1) is 0 Å². The SMILES string of the molecule is O=C(O)c1noc(-c2cccnc2)n1. The Kier molecular flexibility index (Phi) is 1.94. The molecule has 70 valence electrons. The Morgan fingerprint density at radius 1 is 1.50 bits per heavy atom. The lowest BCUT2D eigenvalue weighted by Crippen LogP contribution is -1.98. The predicted molar refractivity (Wildman–Crippen MR) is 44.5 cm³/mol. The molecule has 0 aromatic carbocycles. The molecule has 0 amide bonds. The van der Waals surface area contributed by atoms with Crippen LogP contribution < -0.4 is 0 Å². The smallest absolute Gasteiger partial charge is 0.377 e. The molecule has 0 aliphatic heterocycles. The van der Waals surface area contributed by atoms with Crippen LogP contribution in [0.4, 0.5) is 0 Å². The fourth-order valence-electron chi connectivity index (χ4n) is 0.917. The summed E-state index contributed by atoms with van der Waals surface area (Å²) >= 11 is 0. The fraction of sp³-hybridized carbons (Fsp3) is 0. The zero-order chi connectivity index (χ0) is 9.97. The average Bonchev–Trinajstić information content (AvgIpc) is 2.68. The van der Waals surface area contributed by atoms with Gasteiger partial charge >= 0.3 is 5.97 Å². The number of aromatic nitrogens is 3. The molecule has 6 nitrogen and oxygen atoms in total. The lowest BCUT2D eigenvalue weighted by molar-refractivity contribution is 0.0680. The summed E-state index contributed by atoms with van der Waals surface area (Å²) < 4.78 is 4.73. The third-order valence-corrected chi connectivity index (χ3v) is 1.53. The molecule has 14 heavy (non-hydrogen) atoms. The minimum atomic E-state index is -1.22. The van der Waals surface area contributed by atoms with Crippen LogP contribution in [0.5, 0.6) is 0 Å². The van der Waals surface area contributed by atoms with Gasteiger partial charge in [-0.1, -0.05) is 0 Å². The highest BCUT2D eigenvalue weighted by Gasteiger charge is 2.13. The lowest BCUT2D eigenvalue weighted by Gasteiger charge is -1.89. The number of hydrogen-bond donors (Lipinski definition) is 1. The first-order valence-electron chi connectivity index (χ1n) is 3.75. The van der Waals surface area contributed by atoms with E-state index in [9.17, 15) is 4.79 Å². The van der Waals surface area contributed by atoms with Crippen molar-refractivity contribution in [2.45, 2.75) is 0 Å². The lowest BCUT2D eigenvalue weighted by atomic mass is 10.3. The van der Waals surface area contributed by atoms with E-state index in [-0.39, 0.29) is 11.7 Å². The van der Waals surface area contributed by atoms with Crippen LogP contribution in [0.3, 0.4) is 0 Å². The number of rotatable bonds is 2. The topological polar surface area (TPSA) is 89.1 Å². The summed E-state index contributed by atoms with van der Waals surface area (Å²) in [7, 11) is 0. The van der Waals surface area contributed by atoms with Gasteiger partial charge in [-0.25, -0.2) is 4.79 Å². The van der Waals surface area contributed by atoms with Crippen molar-refractivity contribution in [1.29, 1.82) is 0 Å². The Hall–Kier alpha value is -2.24. The standard InChI is InChI=1S/C8H5N3O3/c12-8(13)6-10-7(14-11-6)5-2-1-3-9-4-5/h1-4H,(H,12,13). The Morgan fingerprint density at radius 2 is 2.36 bits per heavy atom. The summed E-state index contributed by atoms with van der Waals surface area (Å²) in [5.41, 5.74) is 0.590. The first-order chi connectivity index (χ1) is 6.77. The molecule has 1 N–H and O–H groups in total. The van der Waals surface area contributed by atoms with Gasteiger partial charge in [0.1, 0.15) is 0 Å². The summed E-state index contributed by atoms with van der Waals surface area (Å²) in [6, 6.07) is 3.39. The van der Waals surface area contributed by atoms with Gasteiger partial charge in [-0.3, -0.25) is 4.98 Å². The van der Waals surface area contributed by atoms with Crippen molar-refractivity contribution >= 4 is 5.97 Å². The van der Waals surface area contributed by atoms with Crippen LogP contribution in [0.1, 0.15) is 10.6 Å². The van der Waals surface area contributed by atoms with Gasteiger partial charge in [0.25, 0.3) is 11.7 Å². The molecule has 2 heterocycles. The molecular formula is C8H5N3O3. The van der Waals surface area contributed by atoms with Gasteiger partial charge in [0.05, 0.1) is 5.56 Å². The monoisotopic (exact) mass is 191 g/mol. The molecule has 0 atom stereocenters. The van der Waals surface area contributed by atoms with Gasteiger partial charge in [0.2, 0.25) is 0 Å². The zero-order valence-corrected chi connectivity index (χ0v) is 6.91. The second kappa shape index (κ2) is 3.25. The number of carboxylic acids is 1. The molecule has 0 saturated carbocycles. The summed E-state index contributed by atoms with van der Waals surface area (Å²) in [5, 5.41) is 11.8. The van der Waals surface area contributed by atoms with Crippen LogP contribution in [-0.4, -0.2) is 26.2 Å². The molecule has 2 aromatic rings. The highest BCUT2D eigenvalue weighted by molar-refractivity contribution is 5.83. The van der Waals surface area contributed by atoms with Gasteiger partial charge in [0, 0.05) is 12.4 Å². The minimum Gasteiger partial charge on any atom is -0.475 e. The highest BCUT2D eigenvalue weighted by Crippen LogP contribution is 2.14. The molecule has 2 rings (SSSR count). The normalized spacial score (nSPS) is 10.0. The van der Waals surface area contributed by atoms with E-state index in [1.807, 2.05) is 0 Å². The van der Waals surface area contributed by atoms with Crippen LogP contribution in [0.15, 0.2) is 29.0 Å². The summed E-state index contributed by atoms with van der Waals surface area (Å²) in [6.45, 7) is 0. The molecule has 0 bridgehead atoms. The molecule has 0 spiro atoms. The van der Waals surface area contributed by atoms with E-state index in [0.29, 0.717) is 5.56 Å². The maximum atomic E-state index is 10.4. The maximum absolute atomic E-state index is 10.4. The number of hydrogen-bond acceptors (Lipinski definition) is 5. The quantitative estimate of drug-likeness (QED) is 0.756. The second-order valence-electron chi connectivity index (χ2n) is 2.47. The maximum Gasteiger partial charge on any atom is 0.377 e. The van der Waals surface area contributed by atoms with Crippen molar-refractivity contribution < 1.29 is 14.4 Å². The molecule has 0 aliphatic carbocycles. The summed E-state index contributed by atoms with van der Waals surface area (Å²) in [6.07, 6.45) is 3.11. The third-order valence-electron chi connectivity index (χ3n) is 1.53. The van der Waals surface area contributed by atoms with E-state index in [0.717, 1.165) is 0 Å². The zero-order valence-electron chi connectivity index (χ0n) is 6.91. The van der Waals surface area contributed by atoms with Crippen molar-refractivity contribution in [3.8, 4) is 11.5 Å². The third kappa shape index (κ3) is 1.45. The Morgan fingerprint density at radius 3 is 2.93 bits per heavy atom. The van der Waals surface area contributed by atoms with Crippen LogP contribution in [-0.2, 0) is 0 Å². The molecule has 2 aromatic heterocycles. The van der Waals surface area contributed by atoms with Crippen molar-refractivity contribution in [3.05, 3.63) is 30.4 Å². The molecule has 0 fully saturated rings. The number of nitrogens with zero attached hydrogens (tertiary/aromatic N) is 3. The fourth-order valence-corrected chi connectivity index (χ4v) is 0.917. The van der Waals surface area contributed by atoms with Crippen molar-refractivity contribution in [1.82, 2.24) is 15.1 Å². The Bertz CT molecular complexity index is 452. The Labute approximate surface area is 78.2 Å². The van der Waals surface area contributed by atoms with E-state index in [2.05, 4.69) is 15.1 Å². The first kappa shape index (κ1) is 8.36. The van der Waals surface area contributed by atoms with Crippen molar-refractivity contribution in [3.63, 3.8) is 0 Å². The summed E-state index contributed by atoms with van der Waals surface area (Å²) in [4.78, 5) is 17.9. The number of pyridine rings is 1. The van der Waals surface area contributed by atoms with Gasteiger partial charge in [-0.05, 0) is 17.3 Å². The van der Waals surface area contributed by atoms with Crippen LogP contribution in [0.2, 0.25) is 0 Å². The van der Waals surface area contributed by atoms with Gasteiger partial charge in [-0.2, -0.15) is 4.98 Å². The molecule has 0 saturated heterocycles. The molecule has 0 unspecified atom stereocenters. The van der Waals surface area contributed by atoms with Crippen molar-refractivity contribution in [2.75, 3.05) is 0 Å². The molecule has 0 radical (unpaired) electrons.